The molecule has 1 heterocycles. The molecule has 2 rings (SSSR count). The quantitative estimate of drug-likeness (QED) is 0.802. The van der Waals surface area contributed by atoms with E-state index >= 15 is 0 Å². The highest BCUT2D eigenvalue weighted by atomic mass is 32.2. The minimum absolute atomic E-state index is 0.0961. The summed E-state index contributed by atoms with van der Waals surface area (Å²) in [5.74, 6) is -0.242. The van der Waals surface area contributed by atoms with E-state index in [1.807, 2.05) is 20.8 Å². The van der Waals surface area contributed by atoms with Gasteiger partial charge < -0.3 is 10.2 Å². The summed E-state index contributed by atoms with van der Waals surface area (Å²) in [6.45, 7) is 5.77. The van der Waals surface area contributed by atoms with Gasteiger partial charge in [-0.1, -0.05) is 20.8 Å². The maximum Gasteiger partial charge on any atom is 0.246 e. The van der Waals surface area contributed by atoms with Crippen LogP contribution in [0.25, 0.3) is 0 Å². The first-order valence-electron chi connectivity index (χ1n) is 7.29. The predicted octanol–water partition coefficient (Wildman–Crippen LogP) is 0.183. The first kappa shape index (κ1) is 16.3. The Morgan fingerprint density at radius 1 is 1.24 bits per heavy atom. The van der Waals surface area contributed by atoms with Crippen molar-refractivity contribution < 1.29 is 18.0 Å². The molecule has 0 aromatic heterocycles. The van der Waals surface area contributed by atoms with Crippen molar-refractivity contribution >= 4 is 21.7 Å². The van der Waals surface area contributed by atoms with E-state index in [4.69, 9.17) is 0 Å². The highest BCUT2D eigenvalue weighted by Crippen LogP contribution is 2.38. The van der Waals surface area contributed by atoms with Crippen LogP contribution in [0.2, 0.25) is 0 Å². The molecule has 1 aliphatic heterocycles. The molecule has 2 atom stereocenters. The molecule has 2 aliphatic rings. The summed E-state index contributed by atoms with van der Waals surface area (Å²) in [4.78, 5) is 26.5. The van der Waals surface area contributed by atoms with Crippen LogP contribution in [0.15, 0.2) is 0 Å². The minimum Gasteiger partial charge on any atom is -0.342 e. The molecule has 0 spiro atoms. The molecule has 120 valence electrons. The number of hydrogen-bond donors (Lipinski definition) is 1. The lowest BCUT2D eigenvalue weighted by atomic mass is 9.83. The average molecular weight is 316 g/mol. The third kappa shape index (κ3) is 3.75. The Kier molecular flexibility index (Phi) is 4.08. The Hall–Kier alpha value is -1.11. The summed E-state index contributed by atoms with van der Waals surface area (Å²) in [5, 5.41) is 2.83. The molecule has 1 N–H and O–H groups in total. The molecule has 21 heavy (non-hydrogen) atoms. The lowest BCUT2D eigenvalue weighted by Crippen LogP contribution is -2.67. The Bertz CT molecular complexity index is 546. The van der Waals surface area contributed by atoms with Crippen LogP contribution in [0.4, 0.5) is 0 Å². The lowest BCUT2D eigenvalue weighted by molar-refractivity contribution is -0.153. The standard InChI is InChI=1S/C14H24N2O4S/c1-14(2,3)11-13(18)16(7-8-21(4,19)20)10(9-5-6-9)12(17)15-11/h9-11H,5-8H2,1-4H3,(H,15,17). The first-order chi connectivity index (χ1) is 9.50. The van der Waals surface area contributed by atoms with Gasteiger partial charge in [0.05, 0.1) is 5.75 Å². The van der Waals surface area contributed by atoms with Crippen LogP contribution < -0.4 is 5.32 Å². The van der Waals surface area contributed by atoms with E-state index in [2.05, 4.69) is 5.32 Å². The van der Waals surface area contributed by atoms with Crippen LogP contribution in [0.5, 0.6) is 0 Å². The third-order valence-electron chi connectivity index (χ3n) is 4.06. The first-order valence-corrected chi connectivity index (χ1v) is 9.35. The number of nitrogens with one attached hydrogen (secondary N) is 1. The van der Waals surface area contributed by atoms with Crippen LogP contribution in [-0.4, -0.2) is 55.8 Å². The van der Waals surface area contributed by atoms with Gasteiger partial charge >= 0.3 is 0 Å². The highest BCUT2D eigenvalue weighted by molar-refractivity contribution is 7.90. The van der Waals surface area contributed by atoms with Crippen molar-refractivity contribution in [1.82, 2.24) is 10.2 Å². The number of nitrogens with zero attached hydrogens (tertiary/aromatic N) is 1. The average Bonchev–Trinajstić information content (AvgIpc) is 3.10. The summed E-state index contributed by atoms with van der Waals surface area (Å²) in [5.41, 5.74) is -0.398. The Labute approximate surface area is 126 Å². The van der Waals surface area contributed by atoms with Crippen LogP contribution in [0.3, 0.4) is 0 Å². The number of piperazine rings is 1. The van der Waals surface area contributed by atoms with Crippen molar-refractivity contribution in [3.8, 4) is 0 Å². The van der Waals surface area contributed by atoms with E-state index in [1.54, 1.807) is 0 Å². The normalized spacial score (nSPS) is 27.7. The molecule has 2 fully saturated rings. The van der Waals surface area contributed by atoms with Gasteiger partial charge in [-0.3, -0.25) is 9.59 Å². The molecular formula is C14H24N2O4S. The zero-order valence-electron chi connectivity index (χ0n) is 13.0. The maximum absolute atomic E-state index is 12.7. The highest BCUT2D eigenvalue weighted by Gasteiger charge is 2.50. The Morgan fingerprint density at radius 3 is 2.24 bits per heavy atom. The van der Waals surface area contributed by atoms with Gasteiger partial charge in [0.2, 0.25) is 11.8 Å². The molecule has 2 unspecified atom stereocenters. The molecule has 0 radical (unpaired) electrons. The van der Waals surface area contributed by atoms with Gasteiger partial charge in [0, 0.05) is 12.8 Å². The van der Waals surface area contributed by atoms with E-state index in [0.717, 1.165) is 19.1 Å². The van der Waals surface area contributed by atoms with Crippen LogP contribution in [-0.2, 0) is 19.4 Å². The number of carbonyl (C=O) groups excluding carboxylic acids is 2. The van der Waals surface area contributed by atoms with Crippen molar-refractivity contribution in [3.63, 3.8) is 0 Å². The van der Waals surface area contributed by atoms with E-state index in [1.165, 1.54) is 4.90 Å². The topological polar surface area (TPSA) is 83.6 Å². The number of rotatable bonds is 4. The van der Waals surface area contributed by atoms with Gasteiger partial charge in [-0.05, 0) is 24.2 Å². The molecular weight excluding hydrogens is 292 g/mol. The summed E-state index contributed by atoms with van der Waals surface area (Å²) in [7, 11) is -3.17. The molecule has 1 saturated heterocycles. The van der Waals surface area contributed by atoms with Crippen LogP contribution >= 0.6 is 0 Å². The molecule has 0 aromatic rings. The van der Waals surface area contributed by atoms with E-state index in [0.29, 0.717) is 0 Å². The van der Waals surface area contributed by atoms with Gasteiger partial charge in [0.15, 0.2) is 0 Å². The lowest BCUT2D eigenvalue weighted by Gasteiger charge is -2.43. The minimum atomic E-state index is -3.17. The molecule has 0 aromatic carbocycles. The smallest absolute Gasteiger partial charge is 0.246 e. The van der Waals surface area contributed by atoms with Crippen molar-refractivity contribution in [3.05, 3.63) is 0 Å². The maximum atomic E-state index is 12.7. The monoisotopic (exact) mass is 316 g/mol. The van der Waals surface area contributed by atoms with Crippen molar-refractivity contribution in [1.29, 1.82) is 0 Å². The number of carbonyl (C=O) groups is 2. The number of hydrogen-bond acceptors (Lipinski definition) is 4. The van der Waals surface area contributed by atoms with Gasteiger partial charge in [0.25, 0.3) is 0 Å². The fraction of sp³-hybridized carbons (Fsp3) is 0.857. The van der Waals surface area contributed by atoms with E-state index in [-0.39, 0.29) is 30.0 Å². The molecule has 1 saturated carbocycles. The van der Waals surface area contributed by atoms with Gasteiger partial charge in [-0.2, -0.15) is 0 Å². The number of amides is 2. The van der Waals surface area contributed by atoms with Gasteiger partial charge in [0.1, 0.15) is 21.9 Å². The largest absolute Gasteiger partial charge is 0.342 e. The summed E-state index contributed by atoms with van der Waals surface area (Å²) >= 11 is 0. The fourth-order valence-corrected chi connectivity index (χ4v) is 3.24. The summed E-state index contributed by atoms with van der Waals surface area (Å²) in [6, 6.07) is -1.10. The van der Waals surface area contributed by atoms with Crippen molar-refractivity contribution in [2.24, 2.45) is 11.3 Å². The summed E-state index contributed by atoms with van der Waals surface area (Å²) in [6.07, 6.45) is 2.98. The van der Waals surface area contributed by atoms with Crippen LogP contribution in [0, 0.1) is 11.3 Å². The predicted molar refractivity (Wildman–Crippen MR) is 79.3 cm³/mol. The Balaban J connectivity index is 2.24. The number of sulfone groups is 1. The van der Waals surface area contributed by atoms with Crippen molar-refractivity contribution in [2.75, 3.05) is 18.6 Å². The second-order valence-corrected chi connectivity index (χ2v) is 9.51. The fourth-order valence-electron chi connectivity index (χ4n) is 2.71. The van der Waals surface area contributed by atoms with Gasteiger partial charge in [-0.15, -0.1) is 0 Å². The second-order valence-electron chi connectivity index (χ2n) is 7.25. The van der Waals surface area contributed by atoms with Gasteiger partial charge in [-0.25, -0.2) is 8.42 Å². The molecule has 7 heteroatoms. The molecule has 2 amide bonds. The van der Waals surface area contributed by atoms with E-state index < -0.39 is 27.3 Å². The molecule has 0 bridgehead atoms. The third-order valence-corrected chi connectivity index (χ3v) is 4.98. The Morgan fingerprint density at radius 2 is 1.81 bits per heavy atom. The second kappa shape index (κ2) is 5.26. The summed E-state index contributed by atoms with van der Waals surface area (Å²) < 4.78 is 22.8. The molecule has 1 aliphatic carbocycles. The van der Waals surface area contributed by atoms with Crippen LogP contribution in [0.1, 0.15) is 33.6 Å². The molecule has 6 nitrogen and oxygen atoms in total. The van der Waals surface area contributed by atoms with E-state index in [9.17, 15) is 18.0 Å². The zero-order valence-corrected chi connectivity index (χ0v) is 13.9. The zero-order chi connectivity index (χ0) is 16.0. The van der Waals surface area contributed by atoms with Crippen molar-refractivity contribution in [2.45, 2.75) is 45.7 Å². The SMILES string of the molecule is CC(C)(C)C1NC(=O)C(C2CC2)N(CCS(C)(=O)=O)C1=O.